The minimum Gasteiger partial charge on any atom is -0.496 e. The fourth-order valence-electron chi connectivity index (χ4n) is 3.35. The van der Waals surface area contributed by atoms with E-state index in [4.69, 9.17) is 14.2 Å². The number of hydrogen-bond donors (Lipinski definition) is 1. The van der Waals surface area contributed by atoms with Crippen LogP contribution in [0.1, 0.15) is 24.8 Å². The summed E-state index contributed by atoms with van der Waals surface area (Å²) in [5, 5.41) is 3.03. The second kappa shape index (κ2) is 7.05. The van der Waals surface area contributed by atoms with E-state index in [1.165, 1.54) is 0 Å². The Morgan fingerprint density at radius 2 is 1.60 bits per heavy atom. The Hall–Kier alpha value is -2.69. The number of carbonyl (C=O) groups is 1. The third kappa shape index (κ3) is 3.02. The topological polar surface area (TPSA) is 56.8 Å². The molecule has 0 atom stereocenters. The van der Waals surface area contributed by atoms with E-state index in [-0.39, 0.29) is 5.91 Å². The highest BCUT2D eigenvalue weighted by Gasteiger charge is 2.47. The second-order valence-corrected chi connectivity index (χ2v) is 6.16. The van der Waals surface area contributed by atoms with Gasteiger partial charge in [0.25, 0.3) is 0 Å². The van der Waals surface area contributed by atoms with Crippen LogP contribution in [0.15, 0.2) is 42.5 Å². The van der Waals surface area contributed by atoms with Crippen molar-refractivity contribution in [1.82, 2.24) is 0 Å². The van der Waals surface area contributed by atoms with Crippen molar-refractivity contribution in [3.63, 3.8) is 0 Å². The number of anilines is 1. The Kier molecular flexibility index (Phi) is 4.83. The lowest BCUT2D eigenvalue weighted by Crippen LogP contribution is -2.46. The van der Waals surface area contributed by atoms with Crippen molar-refractivity contribution >= 4 is 11.6 Å². The zero-order valence-corrected chi connectivity index (χ0v) is 14.8. The minimum atomic E-state index is -0.542. The van der Waals surface area contributed by atoms with Crippen molar-refractivity contribution in [3.05, 3.63) is 48.0 Å². The minimum absolute atomic E-state index is 0.0181. The van der Waals surface area contributed by atoms with Crippen molar-refractivity contribution in [2.24, 2.45) is 0 Å². The predicted molar refractivity (Wildman–Crippen MR) is 96.7 cm³/mol. The molecule has 132 valence electrons. The molecule has 5 heteroatoms. The molecule has 1 fully saturated rings. The third-order valence-corrected chi connectivity index (χ3v) is 4.91. The molecule has 25 heavy (non-hydrogen) atoms. The zero-order chi connectivity index (χ0) is 17.9. The molecule has 5 nitrogen and oxygen atoms in total. The van der Waals surface area contributed by atoms with E-state index in [2.05, 4.69) is 5.32 Å². The van der Waals surface area contributed by atoms with Crippen molar-refractivity contribution in [2.45, 2.75) is 24.7 Å². The highest BCUT2D eigenvalue weighted by Crippen LogP contribution is 2.48. The van der Waals surface area contributed by atoms with Crippen molar-refractivity contribution in [3.8, 4) is 17.2 Å². The molecule has 0 aliphatic heterocycles. The molecule has 1 aliphatic carbocycles. The lowest BCUT2D eigenvalue weighted by Gasteiger charge is -2.41. The number of benzene rings is 2. The molecule has 0 heterocycles. The van der Waals surface area contributed by atoms with Crippen LogP contribution in [0.2, 0.25) is 0 Å². The monoisotopic (exact) mass is 341 g/mol. The van der Waals surface area contributed by atoms with Gasteiger partial charge in [0.2, 0.25) is 5.91 Å². The summed E-state index contributed by atoms with van der Waals surface area (Å²) >= 11 is 0. The van der Waals surface area contributed by atoms with Crippen LogP contribution in [-0.2, 0) is 10.2 Å². The summed E-state index contributed by atoms with van der Waals surface area (Å²) in [5.41, 5.74) is 1.09. The molecular formula is C20H23NO4. The SMILES string of the molecule is COc1ccc(NC(=O)C2(c3ccccc3OC)CCC2)cc1OC. The first-order valence-electron chi connectivity index (χ1n) is 8.31. The van der Waals surface area contributed by atoms with Gasteiger partial charge in [-0.3, -0.25) is 4.79 Å². The van der Waals surface area contributed by atoms with Gasteiger partial charge >= 0.3 is 0 Å². The van der Waals surface area contributed by atoms with Crippen LogP contribution in [0, 0.1) is 0 Å². The molecule has 1 amide bonds. The van der Waals surface area contributed by atoms with E-state index >= 15 is 0 Å². The molecule has 2 aromatic rings. The van der Waals surface area contributed by atoms with Gasteiger partial charge in [-0.1, -0.05) is 24.6 Å². The first kappa shape index (κ1) is 17.1. The summed E-state index contributed by atoms with van der Waals surface area (Å²) in [7, 11) is 4.80. The van der Waals surface area contributed by atoms with Crippen molar-refractivity contribution < 1.29 is 19.0 Å². The van der Waals surface area contributed by atoms with Crippen LogP contribution in [0.5, 0.6) is 17.2 Å². The van der Waals surface area contributed by atoms with Gasteiger partial charge in [0, 0.05) is 17.3 Å². The number of ether oxygens (including phenoxy) is 3. The largest absolute Gasteiger partial charge is 0.496 e. The standard InChI is InChI=1S/C20H23NO4/c1-23-16-8-5-4-7-15(16)20(11-6-12-20)19(22)21-14-9-10-17(24-2)18(13-14)25-3/h4-5,7-10,13H,6,11-12H2,1-3H3,(H,21,22). The maximum absolute atomic E-state index is 13.1. The fourth-order valence-corrected chi connectivity index (χ4v) is 3.35. The summed E-state index contributed by atoms with van der Waals surface area (Å²) in [6, 6.07) is 13.1. The maximum atomic E-state index is 13.1. The smallest absolute Gasteiger partial charge is 0.235 e. The van der Waals surface area contributed by atoms with Gasteiger partial charge in [-0.25, -0.2) is 0 Å². The van der Waals surface area contributed by atoms with E-state index in [9.17, 15) is 4.79 Å². The summed E-state index contributed by atoms with van der Waals surface area (Å²) in [6.45, 7) is 0. The molecule has 2 aromatic carbocycles. The van der Waals surface area contributed by atoms with E-state index in [1.807, 2.05) is 30.3 Å². The van der Waals surface area contributed by atoms with Gasteiger partial charge in [-0.05, 0) is 31.0 Å². The molecule has 1 saturated carbocycles. The molecule has 0 unspecified atom stereocenters. The van der Waals surface area contributed by atoms with Crippen LogP contribution in [0.25, 0.3) is 0 Å². The van der Waals surface area contributed by atoms with Crippen LogP contribution < -0.4 is 19.5 Å². The highest BCUT2D eigenvalue weighted by molar-refractivity contribution is 6.00. The van der Waals surface area contributed by atoms with Crippen LogP contribution in [0.3, 0.4) is 0 Å². The Balaban J connectivity index is 1.89. The summed E-state index contributed by atoms with van der Waals surface area (Å²) in [5.74, 6) is 1.95. The van der Waals surface area contributed by atoms with E-state index in [0.717, 1.165) is 30.6 Å². The molecule has 0 bridgehead atoms. The van der Waals surface area contributed by atoms with E-state index in [1.54, 1.807) is 33.5 Å². The Bertz CT molecular complexity index is 768. The molecule has 0 saturated heterocycles. The molecule has 0 spiro atoms. The Labute approximate surface area is 147 Å². The van der Waals surface area contributed by atoms with Gasteiger partial charge in [-0.2, -0.15) is 0 Å². The molecule has 0 aromatic heterocycles. The van der Waals surface area contributed by atoms with Gasteiger partial charge in [0.15, 0.2) is 11.5 Å². The lowest BCUT2D eigenvalue weighted by atomic mass is 9.63. The maximum Gasteiger partial charge on any atom is 0.235 e. The number of para-hydroxylation sites is 1. The average Bonchev–Trinajstić information content (AvgIpc) is 2.61. The highest BCUT2D eigenvalue weighted by atomic mass is 16.5. The predicted octanol–water partition coefficient (Wildman–Crippen LogP) is 3.77. The van der Waals surface area contributed by atoms with Gasteiger partial charge < -0.3 is 19.5 Å². The van der Waals surface area contributed by atoms with Gasteiger partial charge in [-0.15, -0.1) is 0 Å². The van der Waals surface area contributed by atoms with E-state index < -0.39 is 5.41 Å². The quantitative estimate of drug-likeness (QED) is 0.869. The molecule has 1 aliphatic rings. The summed E-state index contributed by atoms with van der Waals surface area (Å²) < 4.78 is 16.0. The first-order valence-corrected chi connectivity index (χ1v) is 8.31. The first-order chi connectivity index (χ1) is 12.1. The number of amides is 1. The second-order valence-electron chi connectivity index (χ2n) is 6.16. The number of methoxy groups -OCH3 is 3. The van der Waals surface area contributed by atoms with Crippen molar-refractivity contribution in [1.29, 1.82) is 0 Å². The van der Waals surface area contributed by atoms with Crippen LogP contribution in [-0.4, -0.2) is 27.2 Å². The molecule has 1 N–H and O–H groups in total. The Morgan fingerprint density at radius 1 is 0.920 bits per heavy atom. The molecule has 0 radical (unpaired) electrons. The zero-order valence-electron chi connectivity index (χ0n) is 14.8. The van der Waals surface area contributed by atoms with E-state index in [0.29, 0.717) is 17.2 Å². The summed E-state index contributed by atoms with van der Waals surface area (Å²) in [6.07, 6.45) is 2.65. The number of hydrogen-bond acceptors (Lipinski definition) is 4. The van der Waals surface area contributed by atoms with Gasteiger partial charge in [0.1, 0.15) is 5.75 Å². The molecular weight excluding hydrogens is 318 g/mol. The fraction of sp³-hybridized carbons (Fsp3) is 0.350. The average molecular weight is 341 g/mol. The Morgan fingerprint density at radius 3 is 2.20 bits per heavy atom. The molecule has 3 rings (SSSR count). The van der Waals surface area contributed by atoms with Crippen LogP contribution in [0.4, 0.5) is 5.69 Å². The van der Waals surface area contributed by atoms with Crippen molar-refractivity contribution in [2.75, 3.05) is 26.6 Å². The third-order valence-electron chi connectivity index (χ3n) is 4.91. The van der Waals surface area contributed by atoms with Crippen LogP contribution >= 0.6 is 0 Å². The lowest BCUT2D eigenvalue weighted by molar-refractivity contribution is -0.124. The van der Waals surface area contributed by atoms with Gasteiger partial charge in [0.05, 0.1) is 26.7 Å². The summed E-state index contributed by atoms with van der Waals surface area (Å²) in [4.78, 5) is 13.1. The normalized spacial score (nSPS) is 15.0. The number of carbonyl (C=O) groups excluding carboxylic acids is 1. The number of rotatable bonds is 6. The number of nitrogens with one attached hydrogen (secondary N) is 1.